The first kappa shape index (κ1) is 25.6. The van der Waals surface area contributed by atoms with Crippen molar-refractivity contribution in [3.8, 4) is 28.3 Å². The first-order chi connectivity index (χ1) is 18.9. The molecule has 0 radical (unpaired) electrons. The predicted octanol–water partition coefficient (Wildman–Crippen LogP) is 5.58. The highest BCUT2D eigenvalue weighted by Crippen LogP contribution is 2.42. The van der Waals surface area contributed by atoms with Crippen molar-refractivity contribution in [3.05, 3.63) is 64.9 Å². The van der Waals surface area contributed by atoms with E-state index < -0.39 is 0 Å². The molecular formula is C30H34ClN7O. The molecule has 0 spiro atoms. The van der Waals surface area contributed by atoms with Crippen LogP contribution in [0.2, 0.25) is 5.02 Å². The number of nitrogens with one attached hydrogen (secondary N) is 1. The van der Waals surface area contributed by atoms with Gasteiger partial charge in [0, 0.05) is 73.4 Å². The maximum Gasteiger partial charge on any atom is 0.227 e. The van der Waals surface area contributed by atoms with Gasteiger partial charge in [0.05, 0.1) is 29.9 Å². The summed E-state index contributed by atoms with van der Waals surface area (Å²) in [4.78, 5) is 14.6. The lowest BCUT2D eigenvalue weighted by molar-refractivity contribution is 0.209. The minimum absolute atomic E-state index is 0.521. The molecule has 1 fully saturated rings. The summed E-state index contributed by atoms with van der Waals surface area (Å²) < 4.78 is 7.70. The molecule has 202 valence electrons. The molecule has 4 aromatic rings. The number of aryl methyl sites for hydroxylation is 3. The summed E-state index contributed by atoms with van der Waals surface area (Å²) in [7, 11) is 3.67. The highest BCUT2D eigenvalue weighted by Gasteiger charge is 2.28. The van der Waals surface area contributed by atoms with Gasteiger partial charge in [0.2, 0.25) is 5.95 Å². The Morgan fingerprint density at radius 1 is 1.03 bits per heavy atom. The fourth-order valence-corrected chi connectivity index (χ4v) is 5.91. The number of hydrogen-bond acceptors (Lipinski definition) is 7. The van der Waals surface area contributed by atoms with Crippen molar-refractivity contribution in [2.24, 2.45) is 7.05 Å². The molecule has 0 bridgehead atoms. The molecular weight excluding hydrogens is 510 g/mol. The number of benzene rings is 2. The fourth-order valence-electron chi connectivity index (χ4n) is 5.68. The molecule has 2 aliphatic rings. The van der Waals surface area contributed by atoms with Crippen LogP contribution in [0.5, 0.6) is 5.75 Å². The second-order valence-corrected chi connectivity index (χ2v) is 10.9. The number of anilines is 3. The van der Waals surface area contributed by atoms with Gasteiger partial charge in [-0.25, -0.2) is 9.97 Å². The van der Waals surface area contributed by atoms with Crippen LogP contribution in [0.3, 0.4) is 0 Å². The quantitative estimate of drug-likeness (QED) is 0.340. The lowest BCUT2D eigenvalue weighted by Gasteiger charge is -2.38. The zero-order chi connectivity index (χ0) is 27.1. The third-order valence-electron chi connectivity index (χ3n) is 7.82. The normalized spacial score (nSPS) is 15.3. The number of rotatable bonds is 6. The van der Waals surface area contributed by atoms with E-state index in [4.69, 9.17) is 26.4 Å². The summed E-state index contributed by atoms with van der Waals surface area (Å²) in [6, 6.07) is 14.7. The van der Waals surface area contributed by atoms with Crippen LogP contribution in [0.15, 0.2) is 48.7 Å². The van der Waals surface area contributed by atoms with Gasteiger partial charge in [-0.3, -0.25) is 9.58 Å². The van der Waals surface area contributed by atoms with Crippen molar-refractivity contribution in [3.63, 3.8) is 0 Å². The van der Waals surface area contributed by atoms with Gasteiger partial charge in [-0.05, 0) is 50.5 Å². The lowest BCUT2D eigenvalue weighted by Crippen LogP contribution is -2.48. The van der Waals surface area contributed by atoms with Crippen LogP contribution < -0.4 is 15.0 Å². The number of halogens is 1. The molecule has 0 unspecified atom stereocenters. The van der Waals surface area contributed by atoms with E-state index >= 15 is 0 Å². The molecule has 0 saturated carbocycles. The average molecular weight is 544 g/mol. The van der Waals surface area contributed by atoms with Crippen LogP contribution in [-0.4, -0.2) is 64.0 Å². The molecule has 1 saturated heterocycles. The number of methoxy groups -OCH3 is 1. The number of piperazine rings is 1. The van der Waals surface area contributed by atoms with Crippen LogP contribution >= 0.6 is 11.6 Å². The van der Waals surface area contributed by atoms with E-state index in [2.05, 4.69) is 52.1 Å². The van der Waals surface area contributed by atoms with Gasteiger partial charge in [-0.15, -0.1) is 0 Å². The topological polar surface area (TPSA) is 71.3 Å². The fraction of sp³-hybridized carbons (Fsp3) is 0.367. The first-order valence-electron chi connectivity index (χ1n) is 13.5. The Hall–Kier alpha value is -3.62. The standard InChI is InChI=1S/C30H34ClN7O/c1-19(2)37-13-15-38(16-14-37)21-10-12-24(26(17-21)39-4)33-30-32-18-20-9-11-25-27(28(20)34-30)29(36(3)35-25)22-7-5-6-8-23(22)31/h5-8,10,12,17-19H,9,11,13-16H2,1-4H3,(H,32,33,34). The van der Waals surface area contributed by atoms with Gasteiger partial charge < -0.3 is 15.0 Å². The molecule has 1 aliphatic carbocycles. The smallest absolute Gasteiger partial charge is 0.227 e. The van der Waals surface area contributed by atoms with Crippen molar-refractivity contribution in [1.29, 1.82) is 0 Å². The molecule has 2 aromatic heterocycles. The highest BCUT2D eigenvalue weighted by atomic mass is 35.5. The van der Waals surface area contributed by atoms with E-state index in [1.807, 2.05) is 42.2 Å². The van der Waals surface area contributed by atoms with Crippen molar-refractivity contribution < 1.29 is 4.74 Å². The summed E-state index contributed by atoms with van der Waals surface area (Å²) in [5, 5.41) is 8.93. The average Bonchev–Trinajstić information content (AvgIpc) is 3.29. The Morgan fingerprint density at radius 2 is 1.82 bits per heavy atom. The van der Waals surface area contributed by atoms with Crippen LogP contribution in [0, 0.1) is 0 Å². The third kappa shape index (κ3) is 4.83. The zero-order valence-corrected chi connectivity index (χ0v) is 23.7. The number of nitrogens with zero attached hydrogens (tertiary/aromatic N) is 6. The molecule has 9 heteroatoms. The van der Waals surface area contributed by atoms with Crippen molar-refractivity contribution in [1.82, 2.24) is 24.6 Å². The number of fused-ring (bicyclic) bond motifs is 3. The molecule has 0 atom stereocenters. The molecule has 3 heterocycles. The van der Waals surface area contributed by atoms with Gasteiger partial charge in [-0.2, -0.15) is 5.10 Å². The van der Waals surface area contributed by atoms with E-state index in [1.54, 1.807) is 7.11 Å². The van der Waals surface area contributed by atoms with Gasteiger partial charge in [0.25, 0.3) is 0 Å². The zero-order valence-electron chi connectivity index (χ0n) is 22.9. The van der Waals surface area contributed by atoms with E-state index in [0.717, 1.165) is 89.9 Å². The van der Waals surface area contributed by atoms with Gasteiger partial charge in [0.1, 0.15) is 5.75 Å². The Morgan fingerprint density at radius 3 is 2.56 bits per heavy atom. The Kier molecular flexibility index (Phi) is 6.91. The SMILES string of the molecule is COc1cc(N2CCN(C(C)C)CC2)ccc1Nc1ncc2c(n1)-c1c(nn(C)c1-c1ccccc1Cl)CC2. The highest BCUT2D eigenvalue weighted by molar-refractivity contribution is 6.33. The maximum absolute atomic E-state index is 6.61. The summed E-state index contributed by atoms with van der Waals surface area (Å²) in [5.41, 5.74) is 7.98. The van der Waals surface area contributed by atoms with E-state index in [9.17, 15) is 0 Å². The molecule has 39 heavy (non-hydrogen) atoms. The first-order valence-corrected chi connectivity index (χ1v) is 13.9. The Bertz CT molecular complexity index is 1510. The summed E-state index contributed by atoms with van der Waals surface area (Å²) in [5.74, 6) is 1.28. The predicted molar refractivity (Wildman–Crippen MR) is 157 cm³/mol. The van der Waals surface area contributed by atoms with Crippen LogP contribution in [0.25, 0.3) is 22.5 Å². The molecule has 0 amide bonds. The van der Waals surface area contributed by atoms with Crippen molar-refractivity contribution in [2.75, 3.05) is 43.5 Å². The summed E-state index contributed by atoms with van der Waals surface area (Å²) >= 11 is 6.61. The summed E-state index contributed by atoms with van der Waals surface area (Å²) in [6.45, 7) is 8.65. The van der Waals surface area contributed by atoms with Crippen LogP contribution in [0.4, 0.5) is 17.3 Å². The minimum atomic E-state index is 0.521. The molecule has 1 N–H and O–H groups in total. The second kappa shape index (κ2) is 10.5. The van der Waals surface area contributed by atoms with Gasteiger partial charge in [0.15, 0.2) is 0 Å². The maximum atomic E-state index is 6.61. The van der Waals surface area contributed by atoms with Crippen molar-refractivity contribution >= 4 is 28.9 Å². The third-order valence-corrected chi connectivity index (χ3v) is 8.15. The van der Waals surface area contributed by atoms with Gasteiger partial charge in [-0.1, -0.05) is 29.8 Å². The molecule has 6 rings (SSSR count). The largest absolute Gasteiger partial charge is 0.494 e. The van der Waals surface area contributed by atoms with Crippen LogP contribution in [0.1, 0.15) is 25.1 Å². The molecule has 8 nitrogen and oxygen atoms in total. The van der Waals surface area contributed by atoms with Crippen molar-refractivity contribution in [2.45, 2.75) is 32.7 Å². The minimum Gasteiger partial charge on any atom is -0.494 e. The Labute approximate surface area is 234 Å². The van der Waals surface area contributed by atoms with Gasteiger partial charge >= 0.3 is 0 Å². The number of hydrogen-bond donors (Lipinski definition) is 1. The van der Waals surface area contributed by atoms with E-state index in [1.165, 1.54) is 0 Å². The van der Waals surface area contributed by atoms with E-state index in [0.29, 0.717) is 17.0 Å². The monoisotopic (exact) mass is 543 g/mol. The second-order valence-electron chi connectivity index (χ2n) is 10.5. The molecule has 1 aliphatic heterocycles. The van der Waals surface area contributed by atoms with Crippen LogP contribution in [-0.2, 0) is 19.9 Å². The number of ether oxygens (including phenoxy) is 1. The summed E-state index contributed by atoms with van der Waals surface area (Å²) in [6.07, 6.45) is 3.62. The lowest BCUT2D eigenvalue weighted by atomic mass is 9.91. The Balaban J connectivity index is 1.30. The molecule has 2 aromatic carbocycles. The van der Waals surface area contributed by atoms with E-state index in [-0.39, 0.29) is 0 Å². The number of aromatic nitrogens is 4.